The summed E-state index contributed by atoms with van der Waals surface area (Å²) in [6.07, 6.45) is 0.830. The quantitative estimate of drug-likeness (QED) is 0.898. The average molecular weight is 260 g/mol. The monoisotopic (exact) mass is 260 g/mol. The van der Waals surface area contributed by atoms with Gasteiger partial charge in [0.1, 0.15) is 0 Å². The number of carbonyl (C=O) groups is 2. The molecule has 2 rings (SSSR count). The van der Waals surface area contributed by atoms with Gasteiger partial charge in [0.15, 0.2) is 0 Å². The zero-order valence-electron chi connectivity index (χ0n) is 11.4. The lowest BCUT2D eigenvalue weighted by Gasteiger charge is -2.17. The van der Waals surface area contributed by atoms with Gasteiger partial charge in [-0.1, -0.05) is 32.0 Å². The molecule has 0 spiro atoms. The van der Waals surface area contributed by atoms with Crippen molar-refractivity contribution in [1.82, 2.24) is 10.2 Å². The molecule has 4 heteroatoms. The van der Waals surface area contributed by atoms with E-state index < -0.39 is 0 Å². The molecule has 1 N–H and O–H groups in total. The van der Waals surface area contributed by atoms with Crippen LogP contribution in [0.1, 0.15) is 30.6 Å². The first-order valence-electron chi connectivity index (χ1n) is 6.72. The van der Waals surface area contributed by atoms with Crippen molar-refractivity contribution in [3.63, 3.8) is 0 Å². The largest absolute Gasteiger partial charge is 0.351 e. The highest BCUT2D eigenvalue weighted by Gasteiger charge is 2.28. The van der Waals surface area contributed by atoms with Gasteiger partial charge in [0.05, 0.1) is 0 Å². The first-order chi connectivity index (χ1) is 9.08. The number of carbonyl (C=O) groups excluding carboxylic acids is 2. The second kappa shape index (κ2) is 5.87. The molecule has 1 atom stereocenters. The molecule has 1 aliphatic rings. The van der Waals surface area contributed by atoms with Gasteiger partial charge in [0, 0.05) is 30.6 Å². The number of amides is 2. The maximum Gasteiger partial charge on any atom is 0.253 e. The minimum absolute atomic E-state index is 0.0149. The van der Waals surface area contributed by atoms with Crippen LogP contribution in [0.25, 0.3) is 0 Å². The first kappa shape index (κ1) is 13.6. The Morgan fingerprint density at radius 3 is 2.58 bits per heavy atom. The van der Waals surface area contributed by atoms with E-state index in [4.69, 9.17) is 0 Å². The van der Waals surface area contributed by atoms with Crippen molar-refractivity contribution in [1.29, 1.82) is 0 Å². The topological polar surface area (TPSA) is 49.4 Å². The Balaban J connectivity index is 1.92. The van der Waals surface area contributed by atoms with Gasteiger partial charge in [-0.3, -0.25) is 9.59 Å². The third-order valence-electron chi connectivity index (χ3n) is 3.37. The second-order valence-corrected chi connectivity index (χ2v) is 5.27. The molecule has 1 aromatic rings. The molecule has 102 valence electrons. The fourth-order valence-electron chi connectivity index (χ4n) is 2.19. The lowest BCUT2D eigenvalue weighted by atomic mass is 10.2. The summed E-state index contributed by atoms with van der Waals surface area (Å²) in [6, 6.07) is 9.35. The molecule has 2 amide bonds. The van der Waals surface area contributed by atoms with E-state index >= 15 is 0 Å². The molecule has 0 aromatic heterocycles. The van der Waals surface area contributed by atoms with Crippen LogP contribution < -0.4 is 5.32 Å². The minimum atomic E-state index is -0.0149. The van der Waals surface area contributed by atoms with Crippen LogP contribution in [0.3, 0.4) is 0 Å². The summed E-state index contributed by atoms with van der Waals surface area (Å²) in [5, 5.41) is 2.98. The molecule has 1 fully saturated rings. The maximum absolute atomic E-state index is 12.2. The molecular formula is C15H20N2O2. The number of hydrogen-bond acceptors (Lipinski definition) is 2. The van der Waals surface area contributed by atoms with Crippen molar-refractivity contribution < 1.29 is 9.59 Å². The van der Waals surface area contributed by atoms with Crippen molar-refractivity contribution in [3.05, 3.63) is 35.9 Å². The van der Waals surface area contributed by atoms with Crippen LogP contribution in [0.5, 0.6) is 0 Å². The molecular weight excluding hydrogens is 240 g/mol. The second-order valence-electron chi connectivity index (χ2n) is 5.27. The Morgan fingerprint density at radius 1 is 1.26 bits per heavy atom. The normalized spacial score (nSPS) is 18.7. The van der Waals surface area contributed by atoms with Gasteiger partial charge in [0.25, 0.3) is 5.91 Å². The summed E-state index contributed by atoms with van der Waals surface area (Å²) in [7, 11) is 0. The molecule has 1 aliphatic heterocycles. The number of nitrogens with one attached hydrogen (secondary N) is 1. The van der Waals surface area contributed by atoms with E-state index in [9.17, 15) is 9.59 Å². The summed E-state index contributed by atoms with van der Waals surface area (Å²) in [5.41, 5.74) is 0.707. The zero-order valence-corrected chi connectivity index (χ0v) is 11.4. The summed E-state index contributed by atoms with van der Waals surface area (Å²) >= 11 is 0. The summed E-state index contributed by atoms with van der Waals surface area (Å²) in [4.78, 5) is 25.7. The van der Waals surface area contributed by atoms with Gasteiger partial charge in [-0.2, -0.15) is 0 Å². The van der Waals surface area contributed by atoms with Crippen LogP contribution in [-0.2, 0) is 4.79 Å². The number of likely N-dealkylation sites (tertiary alicyclic amines) is 1. The van der Waals surface area contributed by atoms with E-state index in [1.807, 2.05) is 44.2 Å². The third-order valence-corrected chi connectivity index (χ3v) is 3.37. The number of rotatable bonds is 3. The molecule has 0 saturated carbocycles. The Hall–Kier alpha value is -1.84. The van der Waals surface area contributed by atoms with Crippen molar-refractivity contribution in [2.45, 2.75) is 26.3 Å². The fourth-order valence-corrected chi connectivity index (χ4v) is 2.19. The van der Waals surface area contributed by atoms with Crippen molar-refractivity contribution in [2.24, 2.45) is 5.92 Å². The summed E-state index contributed by atoms with van der Waals surface area (Å²) < 4.78 is 0. The van der Waals surface area contributed by atoms with E-state index in [1.54, 1.807) is 4.90 Å². The Kier molecular flexibility index (Phi) is 4.20. The molecule has 1 aromatic carbocycles. The molecule has 0 radical (unpaired) electrons. The Labute approximate surface area is 113 Å². The lowest BCUT2D eigenvalue weighted by Crippen LogP contribution is -2.40. The lowest BCUT2D eigenvalue weighted by molar-refractivity contribution is -0.124. The zero-order chi connectivity index (χ0) is 13.8. The van der Waals surface area contributed by atoms with Crippen molar-refractivity contribution in [3.8, 4) is 0 Å². The highest BCUT2D eigenvalue weighted by Crippen LogP contribution is 2.14. The van der Waals surface area contributed by atoms with Gasteiger partial charge < -0.3 is 10.2 Å². The van der Waals surface area contributed by atoms with E-state index in [1.165, 1.54) is 0 Å². The Bertz CT molecular complexity index is 456. The van der Waals surface area contributed by atoms with Gasteiger partial charge in [0.2, 0.25) is 5.91 Å². The Morgan fingerprint density at radius 2 is 1.95 bits per heavy atom. The maximum atomic E-state index is 12.2. The van der Waals surface area contributed by atoms with E-state index in [2.05, 4.69) is 5.32 Å². The molecule has 1 heterocycles. The van der Waals surface area contributed by atoms with Crippen LogP contribution in [0.2, 0.25) is 0 Å². The minimum Gasteiger partial charge on any atom is -0.351 e. The summed E-state index contributed by atoms with van der Waals surface area (Å²) in [6.45, 7) is 5.05. The number of benzene rings is 1. The van der Waals surface area contributed by atoms with Gasteiger partial charge >= 0.3 is 0 Å². The van der Waals surface area contributed by atoms with Gasteiger partial charge in [-0.15, -0.1) is 0 Å². The van der Waals surface area contributed by atoms with Crippen LogP contribution in [-0.4, -0.2) is 35.8 Å². The third kappa shape index (κ3) is 3.34. The number of nitrogens with zero attached hydrogens (tertiary/aromatic N) is 1. The highest BCUT2D eigenvalue weighted by molar-refractivity contribution is 5.94. The molecule has 0 bridgehead atoms. The van der Waals surface area contributed by atoms with Crippen molar-refractivity contribution >= 4 is 11.8 Å². The van der Waals surface area contributed by atoms with E-state index in [0.29, 0.717) is 18.7 Å². The fraction of sp³-hybridized carbons (Fsp3) is 0.467. The molecule has 1 saturated heterocycles. The van der Waals surface area contributed by atoms with Crippen LogP contribution in [0, 0.1) is 5.92 Å². The standard InChI is InChI=1S/C15H20N2O2/c1-11(2)14(18)16-13-8-9-17(10-13)15(19)12-6-4-3-5-7-12/h3-7,11,13H,8-10H2,1-2H3,(H,16,18)/t13-/m1/s1. The molecule has 0 unspecified atom stereocenters. The van der Waals surface area contributed by atoms with E-state index in [-0.39, 0.29) is 23.8 Å². The van der Waals surface area contributed by atoms with Gasteiger partial charge in [-0.25, -0.2) is 0 Å². The SMILES string of the molecule is CC(C)C(=O)N[C@@H]1CCN(C(=O)c2ccccc2)C1. The van der Waals surface area contributed by atoms with E-state index in [0.717, 1.165) is 6.42 Å². The van der Waals surface area contributed by atoms with Crippen LogP contribution in [0.4, 0.5) is 0 Å². The van der Waals surface area contributed by atoms with Crippen LogP contribution >= 0.6 is 0 Å². The molecule has 0 aliphatic carbocycles. The smallest absolute Gasteiger partial charge is 0.253 e. The summed E-state index contributed by atoms with van der Waals surface area (Å²) in [5.74, 6) is 0.0831. The first-order valence-corrected chi connectivity index (χ1v) is 6.72. The molecule has 4 nitrogen and oxygen atoms in total. The predicted octanol–water partition coefficient (Wildman–Crippen LogP) is 1.67. The highest BCUT2D eigenvalue weighted by atomic mass is 16.2. The predicted molar refractivity (Wildman–Crippen MR) is 73.7 cm³/mol. The number of hydrogen-bond donors (Lipinski definition) is 1. The van der Waals surface area contributed by atoms with Crippen LogP contribution in [0.15, 0.2) is 30.3 Å². The van der Waals surface area contributed by atoms with Crippen molar-refractivity contribution in [2.75, 3.05) is 13.1 Å². The molecule has 19 heavy (non-hydrogen) atoms. The average Bonchev–Trinajstić information content (AvgIpc) is 2.87. The van der Waals surface area contributed by atoms with Gasteiger partial charge in [-0.05, 0) is 18.6 Å².